The minimum atomic E-state index is 1.06. The molecular formula is C15H30N2. The van der Waals surface area contributed by atoms with Crippen LogP contribution in [-0.4, -0.2) is 19.6 Å². The summed E-state index contributed by atoms with van der Waals surface area (Å²) in [6.07, 6.45) is 11.6. The first-order chi connectivity index (χ1) is 8.36. The van der Waals surface area contributed by atoms with Crippen LogP contribution in [0.5, 0.6) is 0 Å². The van der Waals surface area contributed by atoms with E-state index in [1.54, 1.807) is 0 Å². The van der Waals surface area contributed by atoms with Gasteiger partial charge in [-0.25, -0.2) is 0 Å². The molecule has 0 bridgehead atoms. The Morgan fingerprint density at radius 2 is 1.65 bits per heavy atom. The summed E-state index contributed by atoms with van der Waals surface area (Å²) in [7, 11) is 0. The zero-order valence-electron chi connectivity index (χ0n) is 11.8. The minimum absolute atomic E-state index is 1.06. The summed E-state index contributed by atoms with van der Waals surface area (Å²) in [5, 5.41) is 6.25. The molecule has 1 aliphatic heterocycles. The van der Waals surface area contributed by atoms with E-state index in [0.717, 1.165) is 5.92 Å². The van der Waals surface area contributed by atoms with Gasteiger partial charge in [-0.15, -0.1) is 0 Å². The molecule has 1 rings (SSSR count). The zero-order chi connectivity index (χ0) is 12.9. The quantitative estimate of drug-likeness (QED) is 0.536. The van der Waals surface area contributed by atoms with Crippen molar-refractivity contribution in [3.8, 4) is 0 Å². The van der Waals surface area contributed by atoms with E-state index in [0.29, 0.717) is 0 Å². The average Bonchev–Trinajstić information content (AvgIpc) is 2.39. The number of likely N-dealkylation sites (tertiary alicyclic amines) is 1. The van der Waals surface area contributed by atoms with Gasteiger partial charge in [0.1, 0.15) is 0 Å². The van der Waals surface area contributed by atoms with Gasteiger partial charge in [-0.05, 0) is 31.6 Å². The van der Waals surface area contributed by atoms with Crippen LogP contribution in [-0.2, 0) is 0 Å². The maximum atomic E-state index is 6.25. The standard InChI is InChI=1S/C14H29N.CN/c1-3-5-6-7-11-15-12-9-14(8-4-2)10-13-15;1-2/h14H,3-13H2,1-2H3;/q;-1/p+1. The normalized spacial score (nSPS) is 23.8. The number of unbranched alkanes of at least 4 members (excludes halogenated alkanes) is 3. The zero-order valence-corrected chi connectivity index (χ0v) is 11.8. The number of piperidine rings is 1. The van der Waals surface area contributed by atoms with Gasteiger partial charge >= 0.3 is 0 Å². The molecule has 1 saturated heterocycles. The second kappa shape index (κ2) is 11.9. The third-order valence-electron chi connectivity index (χ3n) is 3.89. The smallest absolute Gasteiger partial charge is 0.0773 e. The second-order valence-corrected chi connectivity index (χ2v) is 5.29. The van der Waals surface area contributed by atoms with E-state index >= 15 is 0 Å². The van der Waals surface area contributed by atoms with Gasteiger partial charge in [0.25, 0.3) is 0 Å². The Balaban J connectivity index is 0.00000121. The molecule has 17 heavy (non-hydrogen) atoms. The van der Waals surface area contributed by atoms with E-state index in [2.05, 4.69) is 13.8 Å². The molecule has 1 aliphatic rings. The summed E-state index contributed by atoms with van der Waals surface area (Å²) in [6, 6.07) is 0. The molecule has 0 saturated carbocycles. The van der Waals surface area contributed by atoms with E-state index in [9.17, 15) is 0 Å². The maximum Gasteiger partial charge on any atom is 0.0773 e. The Morgan fingerprint density at radius 3 is 2.18 bits per heavy atom. The number of quaternary nitrogens is 1. The van der Waals surface area contributed by atoms with Crippen LogP contribution < -0.4 is 4.90 Å². The molecule has 1 N–H and O–H groups in total. The fourth-order valence-electron chi connectivity index (χ4n) is 2.83. The molecule has 0 atom stereocenters. The first kappa shape index (κ1) is 16.4. The minimum Gasteiger partial charge on any atom is -0.512 e. The van der Waals surface area contributed by atoms with Crippen LogP contribution in [0, 0.1) is 17.8 Å². The molecule has 0 aliphatic carbocycles. The van der Waals surface area contributed by atoms with E-state index in [1.807, 2.05) is 4.90 Å². The number of hydrogen-bond donors (Lipinski definition) is 1. The van der Waals surface area contributed by atoms with Gasteiger partial charge in [0.15, 0.2) is 0 Å². The van der Waals surface area contributed by atoms with Crippen LogP contribution in [0.25, 0.3) is 0 Å². The van der Waals surface area contributed by atoms with Crippen LogP contribution in [0.4, 0.5) is 0 Å². The summed E-state index contributed by atoms with van der Waals surface area (Å²) >= 11 is 0. The SMILES string of the molecule is CCCCCC[NH+]1CCC(CCC)CC1.[C-]#N. The van der Waals surface area contributed by atoms with Gasteiger partial charge in [0, 0.05) is 0 Å². The van der Waals surface area contributed by atoms with E-state index < -0.39 is 0 Å². The Labute approximate surface area is 108 Å². The largest absolute Gasteiger partial charge is 0.512 e. The molecule has 1 fully saturated rings. The Bertz CT molecular complexity index is 166. The fraction of sp³-hybridized carbons (Fsp3) is 0.933. The highest BCUT2D eigenvalue weighted by Gasteiger charge is 2.20. The maximum absolute atomic E-state index is 6.25. The third kappa shape index (κ3) is 8.21. The Hall–Kier alpha value is -0.550. The third-order valence-corrected chi connectivity index (χ3v) is 3.89. The Kier molecular flexibility index (Phi) is 11.5. The highest BCUT2D eigenvalue weighted by atomic mass is 15.1. The lowest BCUT2D eigenvalue weighted by molar-refractivity contribution is -0.906. The molecular weight excluding hydrogens is 208 g/mol. The monoisotopic (exact) mass is 238 g/mol. The predicted molar refractivity (Wildman–Crippen MR) is 72.3 cm³/mol. The molecule has 0 aromatic heterocycles. The number of rotatable bonds is 7. The van der Waals surface area contributed by atoms with Crippen molar-refractivity contribution in [3.63, 3.8) is 0 Å². The molecule has 2 nitrogen and oxygen atoms in total. The number of nitrogens with one attached hydrogen (secondary N) is 1. The van der Waals surface area contributed by atoms with Crippen molar-refractivity contribution in [3.05, 3.63) is 6.57 Å². The second-order valence-electron chi connectivity index (χ2n) is 5.29. The van der Waals surface area contributed by atoms with Crippen LogP contribution in [0.1, 0.15) is 65.2 Å². The van der Waals surface area contributed by atoms with Crippen molar-refractivity contribution in [2.75, 3.05) is 19.6 Å². The van der Waals surface area contributed by atoms with Crippen LogP contribution in [0.3, 0.4) is 0 Å². The van der Waals surface area contributed by atoms with Gasteiger partial charge in [0.2, 0.25) is 0 Å². The molecule has 0 aromatic rings. The van der Waals surface area contributed by atoms with E-state index in [-0.39, 0.29) is 0 Å². The lowest BCUT2D eigenvalue weighted by Gasteiger charge is -2.29. The van der Waals surface area contributed by atoms with Gasteiger partial charge in [-0.2, -0.15) is 0 Å². The highest BCUT2D eigenvalue weighted by Crippen LogP contribution is 2.15. The molecule has 0 unspecified atom stereocenters. The number of hydrogen-bond acceptors (Lipinski definition) is 1. The van der Waals surface area contributed by atoms with Crippen molar-refractivity contribution in [2.24, 2.45) is 5.92 Å². The highest BCUT2D eigenvalue weighted by molar-refractivity contribution is 4.61. The molecule has 0 amide bonds. The van der Waals surface area contributed by atoms with E-state index in [4.69, 9.17) is 11.8 Å². The lowest BCUT2D eigenvalue weighted by atomic mass is 9.92. The van der Waals surface area contributed by atoms with Crippen LogP contribution in [0.2, 0.25) is 0 Å². The van der Waals surface area contributed by atoms with Crippen LogP contribution >= 0.6 is 0 Å². The van der Waals surface area contributed by atoms with Gasteiger partial charge in [-0.1, -0.05) is 39.5 Å². The fourth-order valence-corrected chi connectivity index (χ4v) is 2.83. The summed E-state index contributed by atoms with van der Waals surface area (Å²) in [5.74, 6) is 1.06. The molecule has 100 valence electrons. The van der Waals surface area contributed by atoms with Gasteiger partial charge in [-0.3, -0.25) is 0 Å². The van der Waals surface area contributed by atoms with Gasteiger partial charge < -0.3 is 16.7 Å². The summed E-state index contributed by atoms with van der Waals surface area (Å²) in [5.41, 5.74) is 0. The van der Waals surface area contributed by atoms with Crippen molar-refractivity contribution in [1.82, 2.24) is 0 Å². The molecule has 0 spiro atoms. The van der Waals surface area contributed by atoms with Crippen molar-refractivity contribution < 1.29 is 4.90 Å². The predicted octanol–water partition coefficient (Wildman–Crippen LogP) is 2.76. The molecule has 0 radical (unpaired) electrons. The van der Waals surface area contributed by atoms with Crippen LogP contribution in [0.15, 0.2) is 0 Å². The van der Waals surface area contributed by atoms with Gasteiger partial charge in [0.05, 0.1) is 19.6 Å². The topological polar surface area (TPSA) is 28.2 Å². The lowest BCUT2D eigenvalue weighted by Crippen LogP contribution is -3.13. The molecule has 1 heterocycles. The number of nitrogens with zero attached hydrogens (tertiary/aromatic N) is 1. The summed E-state index contributed by atoms with van der Waals surface area (Å²) in [4.78, 5) is 1.89. The summed E-state index contributed by atoms with van der Waals surface area (Å²) in [6.45, 7) is 13.7. The van der Waals surface area contributed by atoms with E-state index in [1.165, 1.54) is 71.0 Å². The first-order valence-corrected chi connectivity index (χ1v) is 7.42. The summed E-state index contributed by atoms with van der Waals surface area (Å²) < 4.78 is 0. The first-order valence-electron chi connectivity index (χ1n) is 7.42. The van der Waals surface area contributed by atoms with Crippen molar-refractivity contribution in [1.29, 1.82) is 5.26 Å². The Morgan fingerprint density at radius 1 is 1.00 bits per heavy atom. The van der Waals surface area contributed by atoms with Crippen molar-refractivity contribution >= 4 is 0 Å². The molecule has 0 aromatic carbocycles. The van der Waals surface area contributed by atoms with Crippen molar-refractivity contribution in [2.45, 2.75) is 65.2 Å². The average molecular weight is 238 g/mol. The molecule has 2 heteroatoms.